The van der Waals surface area contributed by atoms with Crippen molar-refractivity contribution < 1.29 is 4.79 Å². The zero-order valence-corrected chi connectivity index (χ0v) is 18.0. The molecule has 4 rings (SSSR count). The van der Waals surface area contributed by atoms with Crippen LogP contribution < -0.4 is 10.3 Å². The van der Waals surface area contributed by atoms with Gasteiger partial charge >= 0.3 is 0 Å². The van der Waals surface area contributed by atoms with Crippen molar-refractivity contribution in [1.29, 1.82) is 0 Å². The first-order valence-electron chi connectivity index (χ1n) is 10.3. The van der Waals surface area contributed by atoms with Crippen molar-refractivity contribution in [2.45, 2.75) is 38.6 Å². The fourth-order valence-corrected chi connectivity index (χ4v) is 4.29. The molecule has 1 aromatic heterocycles. The molecule has 0 saturated carbocycles. The number of hydrogen-bond acceptors (Lipinski definition) is 3. The van der Waals surface area contributed by atoms with Gasteiger partial charge in [-0.1, -0.05) is 25.1 Å². The topological polar surface area (TPSA) is 49.6 Å². The van der Waals surface area contributed by atoms with Crippen LogP contribution in [0, 0.1) is 0 Å². The molecule has 0 bridgehead atoms. The summed E-state index contributed by atoms with van der Waals surface area (Å²) in [7, 11) is 2.15. The first-order chi connectivity index (χ1) is 14.4. The van der Waals surface area contributed by atoms with Gasteiger partial charge in [0.05, 0.1) is 17.5 Å². The SMILES string of the molecule is C[C@H]1CC(C)(C)N(C)c2ccc(/C=N\NC(=O)c3ccccc3-n3cccc3)cc21. The minimum absolute atomic E-state index is 0.142. The van der Waals surface area contributed by atoms with Gasteiger partial charge in [-0.05, 0) is 73.7 Å². The minimum Gasteiger partial charge on any atom is -0.369 e. The number of carbonyl (C=O) groups excluding carboxylic acids is 1. The quantitative estimate of drug-likeness (QED) is 0.497. The van der Waals surface area contributed by atoms with E-state index in [1.807, 2.05) is 53.4 Å². The molecule has 1 aliphatic heterocycles. The van der Waals surface area contributed by atoms with E-state index < -0.39 is 0 Å². The Hall–Kier alpha value is -3.34. The van der Waals surface area contributed by atoms with Crippen LogP contribution in [0.15, 0.2) is 72.1 Å². The second kappa shape index (κ2) is 7.82. The lowest BCUT2D eigenvalue weighted by molar-refractivity contribution is 0.0955. The molecule has 0 fully saturated rings. The Morgan fingerprint density at radius 2 is 1.83 bits per heavy atom. The van der Waals surface area contributed by atoms with Gasteiger partial charge in [0.15, 0.2) is 0 Å². The average molecular weight is 401 g/mol. The molecule has 5 heteroatoms. The lowest BCUT2D eigenvalue weighted by Crippen LogP contribution is -2.45. The molecule has 2 heterocycles. The number of amides is 1. The predicted octanol–water partition coefficient (Wildman–Crippen LogP) is 4.96. The number of nitrogens with one attached hydrogen (secondary N) is 1. The summed E-state index contributed by atoms with van der Waals surface area (Å²) in [4.78, 5) is 15.1. The molecule has 5 nitrogen and oxygen atoms in total. The van der Waals surface area contributed by atoms with E-state index in [-0.39, 0.29) is 11.4 Å². The van der Waals surface area contributed by atoms with Crippen LogP contribution in [0.1, 0.15) is 54.6 Å². The molecule has 30 heavy (non-hydrogen) atoms. The third kappa shape index (κ3) is 3.75. The van der Waals surface area contributed by atoms with E-state index in [1.165, 1.54) is 11.3 Å². The van der Waals surface area contributed by atoms with Gasteiger partial charge in [0.1, 0.15) is 0 Å². The van der Waals surface area contributed by atoms with E-state index in [9.17, 15) is 4.79 Å². The number of carbonyl (C=O) groups is 1. The van der Waals surface area contributed by atoms with E-state index >= 15 is 0 Å². The highest BCUT2D eigenvalue weighted by atomic mass is 16.2. The molecule has 0 aliphatic carbocycles. The molecule has 0 saturated heterocycles. The summed E-state index contributed by atoms with van der Waals surface area (Å²) < 4.78 is 1.92. The minimum atomic E-state index is -0.233. The number of hydrazone groups is 1. The third-order valence-electron chi connectivity index (χ3n) is 6.07. The Labute approximate surface area is 178 Å². The Morgan fingerprint density at radius 1 is 1.10 bits per heavy atom. The van der Waals surface area contributed by atoms with Crippen molar-refractivity contribution in [3.8, 4) is 5.69 Å². The van der Waals surface area contributed by atoms with Crippen LogP contribution in [0.4, 0.5) is 5.69 Å². The Bertz CT molecular complexity index is 1080. The van der Waals surface area contributed by atoms with E-state index in [4.69, 9.17) is 0 Å². The Kier molecular flexibility index (Phi) is 5.20. The van der Waals surface area contributed by atoms with Gasteiger partial charge in [-0.3, -0.25) is 4.79 Å². The number of aromatic nitrogens is 1. The summed E-state index contributed by atoms with van der Waals surface area (Å²) in [5, 5.41) is 4.21. The van der Waals surface area contributed by atoms with Gasteiger partial charge in [0.25, 0.3) is 5.91 Å². The van der Waals surface area contributed by atoms with Crippen LogP contribution >= 0.6 is 0 Å². The number of fused-ring (bicyclic) bond motifs is 1. The standard InChI is InChI=1S/C25H28N4O/c1-18-16-25(2,3)28(4)22-12-11-19(15-21(18)22)17-26-27-24(30)20-9-5-6-10-23(20)29-13-7-8-14-29/h5-15,17-18H,16H2,1-4H3,(H,27,30)/b26-17-/t18-/m0/s1. The van der Waals surface area contributed by atoms with Crippen LogP contribution in [-0.4, -0.2) is 29.3 Å². The Morgan fingerprint density at radius 3 is 2.60 bits per heavy atom. The van der Waals surface area contributed by atoms with Gasteiger partial charge in [-0.15, -0.1) is 0 Å². The molecule has 154 valence electrons. The average Bonchev–Trinajstić information content (AvgIpc) is 3.26. The number of benzene rings is 2. The maximum atomic E-state index is 12.7. The molecular formula is C25H28N4O. The number of rotatable bonds is 4. The largest absolute Gasteiger partial charge is 0.369 e. The highest BCUT2D eigenvalue weighted by Gasteiger charge is 2.33. The summed E-state index contributed by atoms with van der Waals surface area (Å²) >= 11 is 0. The van der Waals surface area contributed by atoms with Gasteiger partial charge < -0.3 is 9.47 Å². The monoisotopic (exact) mass is 400 g/mol. The summed E-state index contributed by atoms with van der Waals surface area (Å²) in [6, 6.07) is 17.7. The van der Waals surface area contributed by atoms with Crippen molar-refractivity contribution >= 4 is 17.8 Å². The summed E-state index contributed by atoms with van der Waals surface area (Å²) in [6.07, 6.45) is 6.65. The highest BCUT2D eigenvalue weighted by Crippen LogP contribution is 2.42. The molecule has 0 radical (unpaired) electrons. The van der Waals surface area contributed by atoms with Crippen molar-refractivity contribution in [2.24, 2.45) is 5.10 Å². The van der Waals surface area contributed by atoms with Crippen LogP contribution in [0.5, 0.6) is 0 Å². The second-order valence-corrected chi connectivity index (χ2v) is 8.60. The van der Waals surface area contributed by atoms with Gasteiger partial charge in [0.2, 0.25) is 0 Å². The molecule has 2 aromatic carbocycles. The van der Waals surface area contributed by atoms with Gasteiger partial charge in [0, 0.05) is 30.7 Å². The molecular weight excluding hydrogens is 372 g/mol. The summed E-state index contributed by atoms with van der Waals surface area (Å²) in [5.41, 5.74) is 7.78. The normalized spacial score (nSPS) is 17.7. The number of para-hydroxylation sites is 1. The zero-order valence-electron chi connectivity index (χ0n) is 18.0. The second-order valence-electron chi connectivity index (χ2n) is 8.60. The van der Waals surface area contributed by atoms with Crippen molar-refractivity contribution in [3.05, 3.63) is 83.7 Å². The predicted molar refractivity (Wildman–Crippen MR) is 123 cm³/mol. The molecule has 3 aromatic rings. The molecule has 1 atom stereocenters. The van der Waals surface area contributed by atoms with Crippen LogP contribution in [-0.2, 0) is 0 Å². The number of anilines is 1. The van der Waals surface area contributed by atoms with Crippen LogP contribution in [0.3, 0.4) is 0 Å². The fraction of sp³-hybridized carbons (Fsp3) is 0.280. The van der Waals surface area contributed by atoms with Crippen molar-refractivity contribution in [1.82, 2.24) is 9.99 Å². The highest BCUT2D eigenvalue weighted by molar-refractivity contribution is 5.98. The first kappa shape index (κ1) is 20.0. The van der Waals surface area contributed by atoms with Crippen molar-refractivity contribution in [3.63, 3.8) is 0 Å². The number of nitrogens with zero attached hydrogens (tertiary/aromatic N) is 3. The maximum absolute atomic E-state index is 12.7. The lowest BCUT2D eigenvalue weighted by Gasteiger charge is -2.45. The van der Waals surface area contributed by atoms with E-state index in [2.05, 4.69) is 55.4 Å². The summed E-state index contributed by atoms with van der Waals surface area (Å²) in [6.45, 7) is 6.83. The molecule has 1 N–H and O–H groups in total. The number of hydrogen-bond donors (Lipinski definition) is 1. The van der Waals surface area contributed by atoms with Crippen LogP contribution in [0.25, 0.3) is 5.69 Å². The smallest absolute Gasteiger partial charge is 0.273 e. The van der Waals surface area contributed by atoms with Gasteiger partial charge in [-0.2, -0.15) is 5.10 Å². The molecule has 1 amide bonds. The van der Waals surface area contributed by atoms with E-state index in [0.29, 0.717) is 11.5 Å². The third-order valence-corrected chi connectivity index (χ3v) is 6.07. The molecule has 0 unspecified atom stereocenters. The Balaban J connectivity index is 1.51. The lowest BCUT2D eigenvalue weighted by atomic mass is 9.80. The molecule has 0 spiro atoms. The van der Waals surface area contributed by atoms with Gasteiger partial charge in [-0.25, -0.2) is 5.43 Å². The molecule has 1 aliphatic rings. The first-order valence-corrected chi connectivity index (χ1v) is 10.3. The van der Waals surface area contributed by atoms with Crippen LogP contribution in [0.2, 0.25) is 0 Å². The zero-order chi connectivity index (χ0) is 21.3. The van der Waals surface area contributed by atoms with E-state index in [1.54, 1.807) is 12.3 Å². The summed E-state index contributed by atoms with van der Waals surface area (Å²) in [5.74, 6) is 0.242. The maximum Gasteiger partial charge on any atom is 0.273 e. The fourth-order valence-electron chi connectivity index (χ4n) is 4.29. The van der Waals surface area contributed by atoms with Crippen molar-refractivity contribution in [2.75, 3.05) is 11.9 Å². The van der Waals surface area contributed by atoms with E-state index in [0.717, 1.165) is 17.7 Å².